The monoisotopic (exact) mass is 254 g/mol. The van der Waals surface area contributed by atoms with Crippen LogP contribution in [0.15, 0.2) is 30.3 Å². The number of rotatable bonds is 3. The molecular weight excluding hydrogens is 244 g/mol. The first kappa shape index (κ1) is 13.3. The van der Waals surface area contributed by atoms with E-state index in [4.69, 9.17) is 11.6 Å². The number of esters is 2. The Morgan fingerprint density at radius 2 is 1.71 bits per heavy atom. The van der Waals surface area contributed by atoms with Crippen LogP contribution in [-0.4, -0.2) is 26.2 Å². The molecule has 0 aromatic heterocycles. The van der Waals surface area contributed by atoms with Crippen LogP contribution < -0.4 is 0 Å². The lowest BCUT2D eigenvalue weighted by atomic mass is 10.1. The summed E-state index contributed by atoms with van der Waals surface area (Å²) in [7, 11) is 2.47. The zero-order valence-corrected chi connectivity index (χ0v) is 10.2. The van der Waals surface area contributed by atoms with Crippen LogP contribution in [0.3, 0.4) is 0 Å². The Labute approximate surface area is 104 Å². The molecule has 5 heteroatoms. The van der Waals surface area contributed by atoms with Gasteiger partial charge in [0.05, 0.1) is 19.8 Å². The van der Waals surface area contributed by atoms with Gasteiger partial charge in [-0.25, -0.2) is 9.59 Å². The van der Waals surface area contributed by atoms with Crippen LogP contribution in [0.1, 0.15) is 5.56 Å². The molecule has 0 fully saturated rings. The van der Waals surface area contributed by atoms with Crippen molar-refractivity contribution < 1.29 is 19.1 Å². The van der Waals surface area contributed by atoms with Crippen molar-refractivity contribution in [3.05, 3.63) is 40.9 Å². The second-order valence-corrected chi connectivity index (χ2v) is 3.52. The number of methoxy groups -OCH3 is 2. The van der Waals surface area contributed by atoms with E-state index >= 15 is 0 Å². The number of hydrogen-bond donors (Lipinski definition) is 0. The van der Waals surface area contributed by atoms with Crippen LogP contribution in [0.2, 0.25) is 5.02 Å². The maximum absolute atomic E-state index is 11.5. The molecule has 0 unspecified atom stereocenters. The predicted molar refractivity (Wildman–Crippen MR) is 63.5 cm³/mol. The van der Waals surface area contributed by atoms with E-state index in [1.54, 1.807) is 24.3 Å². The fraction of sp³-hybridized carbons (Fsp3) is 0.167. The Balaban J connectivity index is 3.15. The topological polar surface area (TPSA) is 52.6 Å². The molecule has 0 bridgehead atoms. The zero-order valence-electron chi connectivity index (χ0n) is 9.40. The maximum atomic E-state index is 11.5. The molecule has 0 aliphatic heterocycles. The van der Waals surface area contributed by atoms with Gasteiger partial charge >= 0.3 is 11.9 Å². The Morgan fingerprint density at radius 3 is 2.18 bits per heavy atom. The molecule has 0 saturated heterocycles. The first-order valence-electron chi connectivity index (χ1n) is 4.72. The van der Waals surface area contributed by atoms with Gasteiger partial charge in [-0.1, -0.05) is 23.7 Å². The summed E-state index contributed by atoms with van der Waals surface area (Å²) in [6.45, 7) is 0. The molecular formula is C12H11ClO4. The van der Waals surface area contributed by atoms with Crippen molar-refractivity contribution >= 4 is 29.1 Å². The molecule has 1 rings (SSSR count). The fourth-order valence-electron chi connectivity index (χ4n) is 1.18. The number of benzene rings is 1. The average Bonchev–Trinajstić information content (AvgIpc) is 2.36. The van der Waals surface area contributed by atoms with Crippen LogP contribution >= 0.6 is 11.6 Å². The van der Waals surface area contributed by atoms with E-state index in [0.717, 1.165) is 6.08 Å². The van der Waals surface area contributed by atoms with E-state index < -0.39 is 11.9 Å². The number of carbonyl (C=O) groups excluding carboxylic acids is 2. The highest BCUT2D eigenvalue weighted by molar-refractivity contribution is 6.30. The van der Waals surface area contributed by atoms with Crippen LogP contribution in [0.4, 0.5) is 0 Å². The summed E-state index contributed by atoms with van der Waals surface area (Å²) in [6, 6.07) is 6.47. The van der Waals surface area contributed by atoms with Crippen LogP contribution in [-0.2, 0) is 19.1 Å². The van der Waals surface area contributed by atoms with Gasteiger partial charge in [-0.3, -0.25) is 0 Å². The maximum Gasteiger partial charge on any atom is 0.338 e. The second kappa shape index (κ2) is 6.06. The lowest BCUT2D eigenvalue weighted by Crippen LogP contribution is -2.07. The number of carbonyl (C=O) groups is 2. The van der Waals surface area contributed by atoms with E-state index in [1.165, 1.54) is 14.2 Å². The highest BCUT2D eigenvalue weighted by atomic mass is 35.5. The Kier molecular flexibility index (Phi) is 4.72. The summed E-state index contributed by atoms with van der Waals surface area (Å²) in [4.78, 5) is 22.7. The van der Waals surface area contributed by atoms with Crippen LogP contribution in [0.5, 0.6) is 0 Å². The number of ether oxygens (including phenoxy) is 2. The van der Waals surface area contributed by atoms with Crippen molar-refractivity contribution in [3.63, 3.8) is 0 Å². The summed E-state index contributed by atoms with van der Waals surface area (Å²) in [6.07, 6.45) is 1.08. The molecule has 0 spiro atoms. The van der Waals surface area contributed by atoms with E-state index in [0.29, 0.717) is 10.6 Å². The third kappa shape index (κ3) is 3.60. The van der Waals surface area contributed by atoms with Crippen LogP contribution in [0, 0.1) is 0 Å². The van der Waals surface area contributed by atoms with Gasteiger partial charge in [0.2, 0.25) is 0 Å². The molecule has 0 aliphatic rings. The van der Waals surface area contributed by atoms with Gasteiger partial charge in [-0.15, -0.1) is 0 Å². The van der Waals surface area contributed by atoms with Crippen molar-refractivity contribution in [3.8, 4) is 0 Å². The highest BCUT2D eigenvalue weighted by Crippen LogP contribution is 2.18. The third-order valence-corrected chi connectivity index (χ3v) is 2.28. The Hall–Kier alpha value is -1.81. The predicted octanol–water partition coefficient (Wildman–Crippen LogP) is 2.07. The molecule has 4 nitrogen and oxygen atoms in total. The van der Waals surface area contributed by atoms with Gasteiger partial charge in [-0.2, -0.15) is 0 Å². The summed E-state index contributed by atoms with van der Waals surface area (Å²) in [5.74, 6) is -1.24. The van der Waals surface area contributed by atoms with Crippen molar-refractivity contribution in [2.45, 2.75) is 0 Å². The molecule has 90 valence electrons. The summed E-state index contributed by atoms with van der Waals surface area (Å²) in [5.41, 5.74) is 0.655. The summed E-state index contributed by atoms with van der Waals surface area (Å²) in [5, 5.41) is 0.538. The van der Waals surface area contributed by atoms with Crippen molar-refractivity contribution in [2.24, 2.45) is 0 Å². The minimum Gasteiger partial charge on any atom is -0.466 e. The second-order valence-electron chi connectivity index (χ2n) is 3.08. The Bertz CT molecular complexity index is 448. The van der Waals surface area contributed by atoms with Gasteiger partial charge in [-0.05, 0) is 17.7 Å². The molecule has 0 aliphatic carbocycles. The van der Waals surface area contributed by atoms with E-state index in [9.17, 15) is 9.59 Å². The highest BCUT2D eigenvalue weighted by Gasteiger charge is 2.14. The molecule has 0 amide bonds. The van der Waals surface area contributed by atoms with Crippen molar-refractivity contribution in [1.29, 1.82) is 0 Å². The third-order valence-electron chi connectivity index (χ3n) is 2.02. The number of hydrogen-bond acceptors (Lipinski definition) is 4. The van der Waals surface area contributed by atoms with Crippen molar-refractivity contribution in [1.82, 2.24) is 0 Å². The average molecular weight is 255 g/mol. The minimum atomic E-state index is -0.625. The number of halogens is 1. The SMILES string of the molecule is COC(=O)/C=C(\C(=O)OC)c1ccc(Cl)cc1. The summed E-state index contributed by atoms with van der Waals surface area (Å²) >= 11 is 5.74. The first-order chi connectivity index (χ1) is 8.08. The van der Waals surface area contributed by atoms with Crippen LogP contribution in [0.25, 0.3) is 5.57 Å². The molecule has 1 aromatic rings. The van der Waals surface area contributed by atoms with Crippen molar-refractivity contribution in [2.75, 3.05) is 14.2 Å². The van der Waals surface area contributed by atoms with E-state index in [-0.39, 0.29) is 5.57 Å². The fourth-order valence-corrected chi connectivity index (χ4v) is 1.30. The summed E-state index contributed by atoms with van der Waals surface area (Å²) < 4.78 is 9.07. The molecule has 17 heavy (non-hydrogen) atoms. The minimum absolute atomic E-state index is 0.121. The Morgan fingerprint density at radius 1 is 1.12 bits per heavy atom. The van der Waals surface area contributed by atoms with Gasteiger partial charge in [0.15, 0.2) is 0 Å². The molecule has 0 N–H and O–H groups in total. The normalized spacial score (nSPS) is 10.9. The van der Waals surface area contributed by atoms with E-state index in [2.05, 4.69) is 9.47 Å². The largest absolute Gasteiger partial charge is 0.466 e. The standard InChI is InChI=1S/C12H11ClO4/c1-16-11(14)7-10(12(15)17-2)8-3-5-9(13)6-4-8/h3-7H,1-2H3/b10-7-. The smallest absolute Gasteiger partial charge is 0.338 e. The zero-order chi connectivity index (χ0) is 12.8. The molecule has 0 atom stereocenters. The van der Waals surface area contributed by atoms with Gasteiger partial charge < -0.3 is 9.47 Å². The molecule has 1 aromatic carbocycles. The van der Waals surface area contributed by atoms with Gasteiger partial charge in [0.25, 0.3) is 0 Å². The van der Waals surface area contributed by atoms with Gasteiger partial charge in [0.1, 0.15) is 0 Å². The van der Waals surface area contributed by atoms with E-state index in [1.807, 2.05) is 0 Å². The quantitative estimate of drug-likeness (QED) is 0.612. The lowest BCUT2D eigenvalue weighted by Gasteiger charge is -2.05. The molecule has 0 radical (unpaired) electrons. The molecule has 0 heterocycles. The first-order valence-corrected chi connectivity index (χ1v) is 5.10. The van der Waals surface area contributed by atoms with Gasteiger partial charge in [0, 0.05) is 11.1 Å². The lowest BCUT2D eigenvalue weighted by molar-refractivity contribution is -0.136. The molecule has 0 saturated carbocycles.